The summed E-state index contributed by atoms with van der Waals surface area (Å²) in [5.41, 5.74) is -0.415. The molecule has 0 aliphatic heterocycles. The van der Waals surface area contributed by atoms with E-state index in [0.29, 0.717) is 5.56 Å². The fraction of sp³-hybridized carbons (Fsp3) is 0.538. The number of rotatable bonds is 2. The summed E-state index contributed by atoms with van der Waals surface area (Å²) in [6.07, 6.45) is 4.33. The molecule has 1 heterocycles. The normalized spacial score (nSPS) is 17.6. The maximum Gasteiger partial charge on any atom is 0.226 e. The molecular weight excluding hydrogens is 219 g/mol. The predicted octanol–water partition coefficient (Wildman–Crippen LogP) is 2.37. The standard InChI is InChI=1S/C13H17FN2O/c1-12(2,3)11(17)16-13(5-6-13)9-4-7-15-8-10(9)14/h4,7-8H,5-6H2,1-3H3,(H,16,17). The van der Waals surface area contributed by atoms with Crippen molar-refractivity contribution < 1.29 is 9.18 Å². The molecule has 2 rings (SSSR count). The summed E-state index contributed by atoms with van der Waals surface area (Å²) in [5.74, 6) is -0.398. The summed E-state index contributed by atoms with van der Waals surface area (Å²) in [5, 5.41) is 2.96. The molecule has 0 bridgehead atoms. The predicted molar refractivity (Wildman–Crippen MR) is 62.7 cm³/mol. The van der Waals surface area contributed by atoms with Gasteiger partial charge in [-0.15, -0.1) is 0 Å². The van der Waals surface area contributed by atoms with E-state index in [1.165, 1.54) is 6.20 Å². The highest BCUT2D eigenvalue weighted by molar-refractivity contribution is 5.82. The van der Waals surface area contributed by atoms with Gasteiger partial charge in [-0.3, -0.25) is 9.78 Å². The van der Waals surface area contributed by atoms with Gasteiger partial charge in [0.05, 0.1) is 11.7 Å². The van der Waals surface area contributed by atoms with Crippen molar-refractivity contribution in [1.82, 2.24) is 10.3 Å². The SMILES string of the molecule is CC(C)(C)C(=O)NC1(c2ccncc2F)CC1. The molecule has 1 aliphatic rings. The molecule has 0 unspecified atom stereocenters. The number of halogens is 1. The number of hydrogen-bond donors (Lipinski definition) is 1. The third-order valence-electron chi connectivity index (χ3n) is 3.07. The van der Waals surface area contributed by atoms with E-state index in [2.05, 4.69) is 10.3 Å². The Morgan fingerprint density at radius 1 is 1.47 bits per heavy atom. The maximum atomic E-state index is 13.7. The number of hydrogen-bond acceptors (Lipinski definition) is 2. The zero-order valence-corrected chi connectivity index (χ0v) is 10.4. The molecule has 1 saturated carbocycles. The van der Waals surface area contributed by atoms with Crippen LogP contribution in [0.1, 0.15) is 39.2 Å². The zero-order valence-electron chi connectivity index (χ0n) is 10.4. The fourth-order valence-electron chi connectivity index (χ4n) is 1.75. The second-order valence-corrected chi connectivity index (χ2v) is 5.64. The summed E-state index contributed by atoms with van der Waals surface area (Å²) in [6, 6.07) is 1.64. The van der Waals surface area contributed by atoms with Crippen LogP contribution in [0.25, 0.3) is 0 Å². The lowest BCUT2D eigenvalue weighted by molar-refractivity contribution is -0.129. The summed E-state index contributed by atoms with van der Waals surface area (Å²) in [7, 11) is 0. The van der Waals surface area contributed by atoms with Gasteiger partial charge in [0.25, 0.3) is 0 Å². The third-order valence-corrected chi connectivity index (χ3v) is 3.07. The first-order valence-electron chi connectivity index (χ1n) is 5.78. The van der Waals surface area contributed by atoms with E-state index in [-0.39, 0.29) is 11.7 Å². The zero-order chi connectivity index (χ0) is 12.7. The van der Waals surface area contributed by atoms with Crippen molar-refractivity contribution in [3.63, 3.8) is 0 Å². The third kappa shape index (κ3) is 2.30. The van der Waals surface area contributed by atoms with Gasteiger partial charge in [0.1, 0.15) is 5.82 Å². The van der Waals surface area contributed by atoms with Gasteiger partial charge in [-0.2, -0.15) is 0 Å². The average Bonchev–Trinajstić information content (AvgIpc) is 2.98. The highest BCUT2D eigenvalue weighted by atomic mass is 19.1. The molecule has 0 saturated heterocycles. The maximum absolute atomic E-state index is 13.7. The summed E-state index contributed by atoms with van der Waals surface area (Å²) >= 11 is 0. The van der Waals surface area contributed by atoms with Gasteiger partial charge in [0.15, 0.2) is 0 Å². The van der Waals surface area contributed by atoms with Crippen molar-refractivity contribution in [3.05, 3.63) is 29.8 Å². The van der Waals surface area contributed by atoms with Gasteiger partial charge in [-0.1, -0.05) is 20.8 Å². The molecule has 0 atom stereocenters. The fourth-order valence-corrected chi connectivity index (χ4v) is 1.75. The smallest absolute Gasteiger partial charge is 0.226 e. The lowest BCUT2D eigenvalue weighted by Crippen LogP contribution is -2.42. The van der Waals surface area contributed by atoms with E-state index in [4.69, 9.17) is 0 Å². The molecule has 3 nitrogen and oxygen atoms in total. The second kappa shape index (κ2) is 3.79. The molecule has 0 spiro atoms. The van der Waals surface area contributed by atoms with E-state index in [9.17, 15) is 9.18 Å². The molecule has 92 valence electrons. The van der Waals surface area contributed by atoms with Crippen LogP contribution in [0.5, 0.6) is 0 Å². The van der Waals surface area contributed by atoms with Gasteiger partial charge in [-0.05, 0) is 18.9 Å². The molecule has 0 radical (unpaired) electrons. The number of carbonyl (C=O) groups excluding carboxylic acids is 1. The van der Waals surface area contributed by atoms with Crippen LogP contribution < -0.4 is 5.32 Å². The minimum Gasteiger partial charge on any atom is -0.346 e. The van der Waals surface area contributed by atoms with Gasteiger partial charge < -0.3 is 5.32 Å². The van der Waals surface area contributed by atoms with Crippen LogP contribution in [0.15, 0.2) is 18.5 Å². The van der Waals surface area contributed by atoms with Crippen molar-refractivity contribution in [2.24, 2.45) is 5.41 Å². The Labute approximate surface area is 100 Å². The van der Waals surface area contributed by atoms with Crippen molar-refractivity contribution >= 4 is 5.91 Å². The molecule has 1 N–H and O–H groups in total. The van der Waals surface area contributed by atoms with Crippen LogP contribution in [0.2, 0.25) is 0 Å². The van der Waals surface area contributed by atoms with Crippen LogP contribution in [-0.2, 0) is 10.3 Å². The van der Waals surface area contributed by atoms with E-state index in [1.807, 2.05) is 20.8 Å². The van der Waals surface area contributed by atoms with E-state index < -0.39 is 11.0 Å². The Kier molecular flexibility index (Phi) is 2.68. The first-order chi connectivity index (χ1) is 7.85. The molecule has 17 heavy (non-hydrogen) atoms. The van der Waals surface area contributed by atoms with Crippen molar-refractivity contribution in [3.8, 4) is 0 Å². The molecule has 1 amide bonds. The van der Waals surface area contributed by atoms with Crippen LogP contribution in [-0.4, -0.2) is 10.9 Å². The number of pyridine rings is 1. The highest BCUT2D eigenvalue weighted by Gasteiger charge is 2.48. The number of amides is 1. The Bertz CT molecular complexity index is 447. The van der Waals surface area contributed by atoms with Gasteiger partial charge >= 0.3 is 0 Å². The molecule has 4 heteroatoms. The van der Waals surface area contributed by atoms with Gasteiger partial charge in [-0.25, -0.2) is 4.39 Å². The van der Waals surface area contributed by atoms with E-state index in [0.717, 1.165) is 12.8 Å². The summed E-state index contributed by atoms with van der Waals surface area (Å²) in [6.45, 7) is 5.55. The first-order valence-corrected chi connectivity index (χ1v) is 5.78. The van der Waals surface area contributed by atoms with Crippen LogP contribution >= 0.6 is 0 Å². The molecule has 0 aromatic carbocycles. The number of carbonyl (C=O) groups is 1. The Morgan fingerprint density at radius 2 is 2.12 bits per heavy atom. The monoisotopic (exact) mass is 236 g/mol. The number of aromatic nitrogens is 1. The average molecular weight is 236 g/mol. The molecule has 1 aliphatic carbocycles. The molecular formula is C13H17FN2O. The Hall–Kier alpha value is -1.45. The lowest BCUT2D eigenvalue weighted by Gasteiger charge is -2.24. The quantitative estimate of drug-likeness (QED) is 0.856. The minimum absolute atomic E-state index is 0.0498. The topological polar surface area (TPSA) is 42.0 Å². The Morgan fingerprint density at radius 3 is 2.59 bits per heavy atom. The summed E-state index contributed by atoms with van der Waals surface area (Å²) < 4.78 is 13.7. The number of nitrogens with zero attached hydrogens (tertiary/aromatic N) is 1. The molecule has 1 fully saturated rings. The summed E-state index contributed by atoms with van der Waals surface area (Å²) in [4.78, 5) is 15.7. The highest BCUT2D eigenvalue weighted by Crippen LogP contribution is 2.46. The Balaban J connectivity index is 2.22. The first kappa shape index (κ1) is 12.0. The van der Waals surface area contributed by atoms with Crippen molar-refractivity contribution in [1.29, 1.82) is 0 Å². The van der Waals surface area contributed by atoms with Gasteiger partial charge in [0, 0.05) is 17.2 Å². The van der Waals surface area contributed by atoms with Crippen LogP contribution in [0, 0.1) is 11.2 Å². The number of nitrogens with one attached hydrogen (secondary N) is 1. The molecule has 1 aromatic heterocycles. The van der Waals surface area contributed by atoms with Crippen molar-refractivity contribution in [2.75, 3.05) is 0 Å². The van der Waals surface area contributed by atoms with Crippen LogP contribution in [0.3, 0.4) is 0 Å². The van der Waals surface area contributed by atoms with Crippen LogP contribution in [0.4, 0.5) is 4.39 Å². The van der Waals surface area contributed by atoms with Crippen molar-refractivity contribution in [2.45, 2.75) is 39.2 Å². The minimum atomic E-state index is -0.503. The van der Waals surface area contributed by atoms with E-state index >= 15 is 0 Å². The van der Waals surface area contributed by atoms with E-state index in [1.54, 1.807) is 12.3 Å². The van der Waals surface area contributed by atoms with Gasteiger partial charge in [0.2, 0.25) is 5.91 Å². The second-order valence-electron chi connectivity index (χ2n) is 5.64. The molecule has 1 aromatic rings. The largest absolute Gasteiger partial charge is 0.346 e. The lowest BCUT2D eigenvalue weighted by atomic mass is 9.94.